The van der Waals surface area contributed by atoms with Crippen LogP contribution in [-0.2, 0) is 33.9 Å². The van der Waals surface area contributed by atoms with Crippen LogP contribution in [0.5, 0.6) is 5.75 Å². The van der Waals surface area contributed by atoms with Crippen LogP contribution in [0.4, 0.5) is 18.9 Å². The molecule has 1 saturated heterocycles. The van der Waals surface area contributed by atoms with Gasteiger partial charge in [0.25, 0.3) is 0 Å². The second kappa shape index (κ2) is 15.0. The second-order valence-electron chi connectivity index (χ2n) is 11.5. The fraction of sp³-hybridized carbons (Fsp3) is 0.382. The fourth-order valence-electron chi connectivity index (χ4n) is 5.44. The number of carbonyl (C=O) groups is 3. The normalized spacial score (nSPS) is 16.3. The van der Waals surface area contributed by atoms with Crippen LogP contribution in [-0.4, -0.2) is 54.4 Å². The minimum Gasteiger partial charge on any atom is -0.488 e. The Labute approximate surface area is 270 Å². The highest BCUT2D eigenvalue weighted by Crippen LogP contribution is 2.32. The maximum Gasteiger partial charge on any atom is 0.247 e. The molecule has 3 aromatic rings. The molecule has 46 heavy (non-hydrogen) atoms. The molecule has 5 rings (SSSR count). The van der Waals surface area contributed by atoms with Crippen LogP contribution in [0.2, 0.25) is 5.02 Å². The number of nitrogens with one attached hydrogen (secondary N) is 2. The highest BCUT2D eigenvalue weighted by molar-refractivity contribution is 6.31. The molecule has 2 fully saturated rings. The second-order valence-corrected chi connectivity index (χ2v) is 11.9. The smallest absolute Gasteiger partial charge is 0.247 e. The van der Waals surface area contributed by atoms with Gasteiger partial charge in [-0.25, -0.2) is 8.78 Å². The van der Waals surface area contributed by atoms with Gasteiger partial charge in [-0.15, -0.1) is 0 Å². The molecule has 1 aliphatic carbocycles. The van der Waals surface area contributed by atoms with Crippen molar-refractivity contribution in [3.8, 4) is 5.75 Å². The van der Waals surface area contributed by atoms with E-state index in [4.69, 9.17) is 16.3 Å². The molecule has 0 spiro atoms. The average molecular weight is 657 g/mol. The van der Waals surface area contributed by atoms with Gasteiger partial charge in [0.15, 0.2) is 17.4 Å². The van der Waals surface area contributed by atoms with Crippen molar-refractivity contribution in [1.82, 2.24) is 15.5 Å². The summed E-state index contributed by atoms with van der Waals surface area (Å²) in [6.07, 6.45) is 3.03. The van der Waals surface area contributed by atoms with Crippen molar-refractivity contribution < 1.29 is 32.3 Å². The quantitative estimate of drug-likeness (QED) is 0.193. The van der Waals surface area contributed by atoms with Gasteiger partial charge < -0.3 is 20.3 Å². The molecule has 3 aromatic carbocycles. The first kappa shape index (κ1) is 33.3. The Balaban J connectivity index is 1.25. The van der Waals surface area contributed by atoms with E-state index in [1.54, 1.807) is 30.0 Å². The fourth-order valence-corrected chi connectivity index (χ4v) is 5.61. The molecular formula is C34H36ClF3N4O4. The van der Waals surface area contributed by atoms with Crippen molar-refractivity contribution in [3.63, 3.8) is 0 Å². The van der Waals surface area contributed by atoms with E-state index in [-0.39, 0.29) is 50.0 Å². The molecule has 3 amide bonds. The molecule has 0 unspecified atom stereocenters. The molecule has 2 aliphatic rings. The van der Waals surface area contributed by atoms with Gasteiger partial charge in [0.2, 0.25) is 23.5 Å². The van der Waals surface area contributed by atoms with Gasteiger partial charge in [0.05, 0.1) is 13.2 Å². The van der Waals surface area contributed by atoms with E-state index in [0.29, 0.717) is 42.6 Å². The maximum absolute atomic E-state index is 14.1. The van der Waals surface area contributed by atoms with Gasteiger partial charge in [-0.2, -0.15) is 4.39 Å². The number of ether oxygens (including phenoxy) is 1. The summed E-state index contributed by atoms with van der Waals surface area (Å²) >= 11 is 6.55. The molecule has 0 bridgehead atoms. The SMILES string of the molecule is CCC(=O)NCc1ccc(Cl)c(CN(C(=O)[C@H]2CNCC(=O)N2c2ccc(CCCOc3c(F)ccc(F)c3F)cc2)C2CC2)c1. The average Bonchev–Trinajstić information content (AvgIpc) is 3.90. The molecule has 12 heteroatoms. The van der Waals surface area contributed by atoms with Crippen molar-refractivity contribution in [2.45, 2.75) is 64.2 Å². The lowest BCUT2D eigenvalue weighted by Gasteiger charge is -2.38. The molecule has 2 N–H and O–H groups in total. The Morgan fingerprint density at radius 3 is 2.48 bits per heavy atom. The Hall–Kier alpha value is -4.09. The highest BCUT2D eigenvalue weighted by atomic mass is 35.5. The van der Waals surface area contributed by atoms with Crippen molar-refractivity contribution in [3.05, 3.63) is 93.8 Å². The number of benzene rings is 3. The standard InChI is InChI=1S/C34H36ClF3N4O4/c1-2-30(43)40-17-22-7-12-26(35)23(16-22)20-41(24-10-11-24)34(45)29-18-39-19-31(44)42(29)25-8-5-21(6-9-25)4-3-15-46-33-28(37)14-13-27(36)32(33)38/h5-9,12-14,16,24,29,39H,2-4,10-11,15,17-20H2,1H3,(H,40,43)/t29-/m1/s1. The predicted octanol–water partition coefficient (Wildman–Crippen LogP) is 5.29. The van der Waals surface area contributed by atoms with E-state index in [9.17, 15) is 27.6 Å². The first-order chi connectivity index (χ1) is 22.2. The summed E-state index contributed by atoms with van der Waals surface area (Å²) in [4.78, 5) is 42.3. The molecule has 1 aliphatic heterocycles. The minimum atomic E-state index is -1.36. The zero-order valence-corrected chi connectivity index (χ0v) is 26.2. The molecule has 0 aromatic heterocycles. The molecule has 8 nitrogen and oxygen atoms in total. The summed E-state index contributed by atoms with van der Waals surface area (Å²) in [5, 5.41) is 6.45. The number of anilines is 1. The number of aryl methyl sites for hydroxylation is 1. The first-order valence-corrected chi connectivity index (χ1v) is 15.8. The topological polar surface area (TPSA) is 91.0 Å². The largest absolute Gasteiger partial charge is 0.488 e. The van der Waals surface area contributed by atoms with E-state index in [0.717, 1.165) is 35.6 Å². The van der Waals surface area contributed by atoms with Gasteiger partial charge >= 0.3 is 0 Å². The summed E-state index contributed by atoms with van der Waals surface area (Å²) in [7, 11) is 0. The van der Waals surface area contributed by atoms with Crippen LogP contribution in [0, 0.1) is 17.5 Å². The third-order valence-electron chi connectivity index (χ3n) is 8.08. The summed E-state index contributed by atoms with van der Waals surface area (Å²) in [6, 6.07) is 13.5. The summed E-state index contributed by atoms with van der Waals surface area (Å²) in [5.41, 5.74) is 3.11. The highest BCUT2D eigenvalue weighted by Gasteiger charge is 2.41. The first-order valence-electron chi connectivity index (χ1n) is 15.4. The third-order valence-corrected chi connectivity index (χ3v) is 8.45. The van der Waals surface area contributed by atoms with E-state index in [2.05, 4.69) is 10.6 Å². The Morgan fingerprint density at radius 1 is 1.04 bits per heavy atom. The zero-order chi connectivity index (χ0) is 32.8. The molecule has 1 saturated carbocycles. The number of piperazine rings is 1. The molecule has 0 radical (unpaired) electrons. The molecule has 1 heterocycles. The lowest BCUT2D eigenvalue weighted by molar-refractivity contribution is -0.136. The molecule has 1 atom stereocenters. The van der Waals surface area contributed by atoms with Gasteiger partial charge in [0.1, 0.15) is 6.04 Å². The van der Waals surface area contributed by atoms with Crippen LogP contribution in [0.1, 0.15) is 49.3 Å². The van der Waals surface area contributed by atoms with Crippen LogP contribution in [0.25, 0.3) is 0 Å². The van der Waals surface area contributed by atoms with Gasteiger partial charge in [-0.3, -0.25) is 19.3 Å². The van der Waals surface area contributed by atoms with Gasteiger partial charge in [-0.05, 0) is 72.7 Å². The van der Waals surface area contributed by atoms with E-state index in [1.807, 2.05) is 24.3 Å². The van der Waals surface area contributed by atoms with E-state index < -0.39 is 29.2 Å². The van der Waals surface area contributed by atoms with Crippen molar-refractivity contribution in [2.24, 2.45) is 0 Å². The maximum atomic E-state index is 14.1. The monoisotopic (exact) mass is 656 g/mol. The Morgan fingerprint density at radius 2 is 1.76 bits per heavy atom. The van der Waals surface area contributed by atoms with Gasteiger partial charge in [-0.1, -0.05) is 42.8 Å². The Kier molecular flexibility index (Phi) is 10.9. The van der Waals surface area contributed by atoms with Crippen molar-refractivity contribution in [1.29, 1.82) is 0 Å². The molecule has 244 valence electrons. The zero-order valence-electron chi connectivity index (χ0n) is 25.5. The third kappa shape index (κ3) is 8.00. The minimum absolute atomic E-state index is 0.0246. The van der Waals surface area contributed by atoms with Gasteiger partial charge in [0, 0.05) is 42.8 Å². The summed E-state index contributed by atoms with van der Waals surface area (Å²) in [5.74, 6) is -4.71. The number of rotatable bonds is 13. The lowest BCUT2D eigenvalue weighted by atomic mass is 10.1. The lowest BCUT2D eigenvalue weighted by Crippen LogP contribution is -2.61. The number of hydrogen-bond acceptors (Lipinski definition) is 5. The summed E-state index contributed by atoms with van der Waals surface area (Å²) < 4.78 is 46.2. The number of amides is 3. The van der Waals surface area contributed by atoms with Crippen LogP contribution < -0.4 is 20.3 Å². The van der Waals surface area contributed by atoms with Crippen molar-refractivity contribution >= 4 is 35.0 Å². The molecular weight excluding hydrogens is 621 g/mol. The van der Waals surface area contributed by atoms with Crippen LogP contribution >= 0.6 is 11.6 Å². The summed E-state index contributed by atoms with van der Waals surface area (Å²) in [6.45, 7) is 2.78. The Bertz CT molecular complexity index is 1590. The van der Waals surface area contributed by atoms with Crippen molar-refractivity contribution in [2.75, 3.05) is 24.6 Å². The van der Waals surface area contributed by atoms with E-state index in [1.165, 1.54) is 4.90 Å². The van der Waals surface area contributed by atoms with E-state index >= 15 is 0 Å². The number of carbonyl (C=O) groups excluding carboxylic acids is 3. The number of halogens is 4. The van der Waals surface area contributed by atoms with Crippen LogP contribution in [0.15, 0.2) is 54.6 Å². The number of hydrogen-bond donors (Lipinski definition) is 2. The predicted molar refractivity (Wildman–Crippen MR) is 168 cm³/mol. The number of nitrogens with zero attached hydrogens (tertiary/aromatic N) is 2. The van der Waals surface area contributed by atoms with Crippen LogP contribution in [0.3, 0.4) is 0 Å².